The second-order valence-electron chi connectivity index (χ2n) is 6.40. The zero-order chi connectivity index (χ0) is 15.4. The summed E-state index contributed by atoms with van der Waals surface area (Å²) in [6.07, 6.45) is 0. The van der Waals surface area contributed by atoms with E-state index in [9.17, 15) is 0 Å². The maximum atomic E-state index is 5.23. The first-order valence-corrected chi connectivity index (χ1v) is 7.95. The Morgan fingerprint density at radius 1 is 0.957 bits per heavy atom. The lowest BCUT2D eigenvalue weighted by molar-refractivity contribution is -0.923. The second-order valence-corrected chi connectivity index (χ2v) is 6.40. The topological polar surface area (TPSA) is 12.5 Å². The van der Waals surface area contributed by atoms with Crippen LogP contribution in [0.4, 0.5) is 5.69 Å². The molecule has 2 aromatic rings. The van der Waals surface area contributed by atoms with Crippen molar-refractivity contribution in [2.45, 2.75) is 6.54 Å². The highest BCUT2D eigenvalue weighted by Gasteiger charge is 2.28. The van der Waals surface area contributed by atoms with E-state index in [1.54, 1.807) is 7.11 Å². The molecule has 0 radical (unpaired) electrons. The summed E-state index contributed by atoms with van der Waals surface area (Å²) < 4.78 is 6.36. The van der Waals surface area contributed by atoms with E-state index in [0.717, 1.165) is 29.9 Å². The first-order valence-electron chi connectivity index (χ1n) is 7.95. The molecule has 1 heterocycles. The van der Waals surface area contributed by atoms with Gasteiger partial charge in [0, 0.05) is 11.3 Å². The first kappa shape index (κ1) is 17.6. The van der Waals surface area contributed by atoms with E-state index in [2.05, 4.69) is 54.4 Å². The van der Waals surface area contributed by atoms with Crippen LogP contribution in [0.1, 0.15) is 5.56 Å². The van der Waals surface area contributed by atoms with Crippen LogP contribution in [0.3, 0.4) is 0 Å². The molecule has 3 rings (SSSR count). The number of likely N-dealkylation sites (N-methyl/N-ethyl adjacent to an activating group) is 1. The fraction of sp³-hybridized carbons (Fsp3) is 0.368. The SMILES string of the molecule is COc1ccc(N2CC[N+](C)(Cc3ccccc3)CC2)cc1.[Cl-]. The highest BCUT2D eigenvalue weighted by molar-refractivity contribution is 5.49. The van der Waals surface area contributed by atoms with Gasteiger partial charge in [-0.2, -0.15) is 0 Å². The zero-order valence-electron chi connectivity index (χ0n) is 13.9. The Labute approximate surface area is 145 Å². The molecule has 3 nitrogen and oxygen atoms in total. The number of benzene rings is 2. The summed E-state index contributed by atoms with van der Waals surface area (Å²) in [5, 5.41) is 0. The van der Waals surface area contributed by atoms with Crippen LogP contribution in [0.5, 0.6) is 5.75 Å². The molecule has 0 bridgehead atoms. The van der Waals surface area contributed by atoms with Crippen molar-refractivity contribution in [3.8, 4) is 5.75 Å². The molecule has 0 aliphatic carbocycles. The van der Waals surface area contributed by atoms with Crippen molar-refractivity contribution in [1.29, 1.82) is 0 Å². The fourth-order valence-electron chi connectivity index (χ4n) is 3.18. The van der Waals surface area contributed by atoms with Crippen molar-refractivity contribution in [2.75, 3.05) is 45.2 Å². The van der Waals surface area contributed by atoms with Crippen LogP contribution >= 0.6 is 0 Å². The summed E-state index contributed by atoms with van der Waals surface area (Å²) in [6.45, 7) is 5.70. The van der Waals surface area contributed by atoms with Gasteiger partial charge >= 0.3 is 0 Å². The molecule has 0 spiro atoms. The summed E-state index contributed by atoms with van der Waals surface area (Å²) in [4.78, 5) is 2.48. The van der Waals surface area contributed by atoms with Gasteiger partial charge in [-0.15, -0.1) is 0 Å². The Bertz CT molecular complexity index is 593. The van der Waals surface area contributed by atoms with Gasteiger partial charge in [0.05, 0.1) is 40.3 Å². The summed E-state index contributed by atoms with van der Waals surface area (Å²) in [5.74, 6) is 0.922. The first-order chi connectivity index (χ1) is 10.7. The van der Waals surface area contributed by atoms with E-state index >= 15 is 0 Å². The summed E-state index contributed by atoms with van der Waals surface area (Å²) in [5.41, 5.74) is 2.73. The monoisotopic (exact) mass is 332 g/mol. The molecule has 1 aliphatic heterocycles. The minimum atomic E-state index is 0. The quantitative estimate of drug-likeness (QED) is 0.740. The molecule has 0 unspecified atom stereocenters. The Morgan fingerprint density at radius 2 is 1.57 bits per heavy atom. The third-order valence-electron chi connectivity index (χ3n) is 4.66. The van der Waals surface area contributed by atoms with Gasteiger partial charge in [0.2, 0.25) is 0 Å². The molecule has 0 atom stereocenters. The molecular formula is C19H25ClN2O. The summed E-state index contributed by atoms with van der Waals surface area (Å²) >= 11 is 0. The maximum Gasteiger partial charge on any atom is 0.119 e. The van der Waals surface area contributed by atoms with Gasteiger partial charge in [-0.25, -0.2) is 0 Å². The van der Waals surface area contributed by atoms with Crippen molar-refractivity contribution in [3.63, 3.8) is 0 Å². The van der Waals surface area contributed by atoms with Crippen LogP contribution in [0.25, 0.3) is 0 Å². The smallest absolute Gasteiger partial charge is 0.119 e. The Kier molecular flexibility index (Phi) is 5.91. The van der Waals surface area contributed by atoms with Crippen LogP contribution in [-0.2, 0) is 6.54 Å². The summed E-state index contributed by atoms with van der Waals surface area (Å²) in [7, 11) is 4.08. The minimum Gasteiger partial charge on any atom is -1.00 e. The molecule has 0 N–H and O–H groups in total. The molecule has 1 aliphatic rings. The van der Waals surface area contributed by atoms with Gasteiger partial charge in [-0.3, -0.25) is 0 Å². The predicted octanol–water partition coefficient (Wildman–Crippen LogP) is 0.166. The van der Waals surface area contributed by atoms with Crippen LogP contribution in [-0.4, -0.2) is 44.8 Å². The van der Waals surface area contributed by atoms with Gasteiger partial charge in [0.15, 0.2) is 0 Å². The number of nitrogens with zero attached hydrogens (tertiary/aromatic N) is 2. The lowest BCUT2D eigenvalue weighted by atomic mass is 10.1. The number of ether oxygens (including phenoxy) is 1. The third-order valence-corrected chi connectivity index (χ3v) is 4.66. The fourth-order valence-corrected chi connectivity index (χ4v) is 3.18. The maximum absolute atomic E-state index is 5.23. The van der Waals surface area contributed by atoms with Crippen molar-refractivity contribution in [1.82, 2.24) is 0 Å². The van der Waals surface area contributed by atoms with Crippen LogP contribution < -0.4 is 22.0 Å². The van der Waals surface area contributed by atoms with Gasteiger partial charge in [0.25, 0.3) is 0 Å². The average Bonchev–Trinajstić information content (AvgIpc) is 2.56. The lowest BCUT2D eigenvalue weighted by Crippen LogP contribution is -3.00. The molecule has 2 aromatic carbocycles. The van der Waals surface area contributed by atoms with Gasteiger partial charge in [0.1, 0.15) is 12.3 Å². The molecular weight excluding hydrogens is 308 g/mol. The van der Waals surface area contributed by atoms with Gasteiger partial charge < -0.3 is 26.5 Å². The summed E-state index contributed by atoms with van der Waals surface area (Å²) in [6, 6.07) is 19.2. The highest BCUT2D eigenvalue weighted by atomic mass is 35.5. The number of piperazine rings is 1. The lowest BCUT2D eigenvalue weighted by Gasteiger charge is -2.43. The standard InChI is InChI=1S/C19H25N2O.ClH/c1-21(16-17-6-4-3-5-7-17)14-12-20(13-15-21)18-8-10-19(22-2)11-9-18;/h3-11H,12-16H2,1-2H3;1H/q+1;/p-1. The Balaban J connectivity index is 0.00000192. The Morgan fingerprint density at radius 3 is 2.13 bits per heavy atom. The number of halogens is 1. The van der Waals surface area contributed by atoms with E-state index in [-0.39, 0.29) is 12.4 Å². The van der Waals surface area contributed by atoms with Crippen molar-refractivity contribution >= 4 is 5.69 Å². The molecule has 4 heteroatoms. The molecule has 0 aromatic heterocycles. The number of anilines is 1. The predicted molar refractivity (Wildman–Crippen MR) is 91.3 cm³/mol. The molecule has 23 heavy (non-hydrogen) atoms. The van der Waals surface area contributed by atoms with Crippen LogP contribution in [0.2, 0.25) is 0 Å². The second kappa shape index (κ2) is 7.71. The minimum absolute atomic E-state index is 0. The van der Waals surface area contributed by atoms with E-state index in [1.165, 1.54) is 24.3 Å². The van der Waals surface area contributed by atoms with Crippen LogP contribution in [0, 0.1) is 0 Å². The number of rotatable bonds is 4. The van der Waals surface area contributed by atoms with E-state index in [1.807, 2.05) is 12.1 Å². The number of hydrogen-bond acceptors (Lipinski definition) is 2. The highest BCUT2D eigenvalue weighted by Crippen LogP contribution is 2.23. The molecule has 1 saturated heterocycles. The number of quaternary nitrogens is 1. The molecule has 0 saturated carbocycles. The van der Waals surface area contributed by atoms with Crippen molar-refractivity contribution < 1.29 is 21.6 Å². The molecule has 0 amide bonds. The Hall–Kier alpha value is -1.71. The van der Waals surface area contributed by atoms with E-state index in [0.29, 0.717) is 0 Å². The van der Waals surface area contributed by atoms with E-state index < -0.39 is 0 Å². The largest absolute Gasteiger partial charge is 1.00 e. The van der Waals surface area contributed by atoms with Crippen molar-refractivity contribution in [2.24, 2.45) is 0 Å². The van der Waals surface area contributed by atoms with E-state index in [4.69, 9.17) is 4.74 Å². The third kappa shape index (κ3) is 4.40. The van der Waals surface area contributed by atoms with Gasteiger partial charge in [-0.1, -0.05) is 30.3 Å². The number of hydrogen-bond donors (Lipinski definition) is 0. The zero-order valence-corrected chi connectivity index (χ0v) is 14.7. The normalized spacial score (nSPS) is 16.5. The van der Waals surface area contributed by atoms with Crippen LogP contribution in [0.15, 0.2) is 54.6 Å². The van der Waals surface area contributed by atoms with Crippen molar-refractivity contribution in [3.05, 3.63) is 60.2 Å². The molecule has 124 valence electrons. The molecule has 1 fully saturated rings. The average molecular weight is 333 g/mol. The number of methoxy groups -OCH3 is 1. The van der Waals surface area contributed by atoms with Gasteiger partial charge in [-0.05, 0) is 24.3 Å².